The molecule has 98 valence electrons. The number of halogens is 4. The summed E-state index contributed by atoms with van der Waals surface area (Å²) in [7, 11) is 0. The highest BCUT2D eigenvalue weighted by Gasteiger charge is 2.36. The van der Waals surface area contributed by atoms with E-state index in [1.54, 1.807) is 18.2 Å². The van der Waals surface area contributed by atoms with E-state index in [0.29, 0.717) is 5.70 Å². The lowest BCUT2D eigenvalue weighted by Gasteiger charge is -2.12. The zero-order chi connectivity index (χ0) is 13.8. The topological polar surface area (TPSA) is 56.7 Å². The summed E-state index contributed by atoms with van der Waals surface area (Å²) in [6, 6.07) is 1.11. The van der Waals surface area contributed by atoms with Gasteiger partial charge in [-0.15, -0.1) is 0 Å². The van der Waals surface area contributed by atoms with Crippen LogP contribution in [-0.2, 0) is 6.18 Å². The van der Waals surface area contributed by atoms with E-state index in [9.17, 15) is 13.2 Å². The van der Waals surface area contributed by atoms with Gasteiger partial charge in [0.25, 0.3) is 0 Å². The number of alkyl halides is 3. The first-order valence-corrected chi connectivity index (χ1v) is 5.56. The second-order valence-electron chi connectivity index (χ2n) is 3.92. The van der Waals surface area contributed by atoms with Crippen LogP contribution in [0.3, 0.4) is 0 Å². The van der Waals surface area contributed by atoms with E-state index in [1.807, 2.05) is 0 Å². The lowest BCUT2D eigenvalue weighted by molar-refractivity contribution is -0.140. The Labute approximate surface area is 110 Å². The van der Waals surface area contributed by atoms with Gasteiger partial charge in [0.15, 0.2) is 11.3 Å². The molecule has 0 spiro atoms. The number of fused-ring (bicyclic) bond motifs is 1. The van der Waals surface area contributed by atoms with Crippen molar-refractivity contribution < 1.29 is 13.2 Å². The van der Waals surface area contributed by atoms with Gasteiger partial charge in [-0.05, 0) is 18.2 Å². The van der Waals surface area contributed by atoms with E-state index in [2.05, 4.69) is 9.97 Å². The third kappa shape index (κ3) is 1.77. The van der Waals surface area contributed by atoms with Gasteiger partial charge in [0.1, 0.15) is 5.52 Å². The summed E-state index contributed by atoms with van der Waals surface area (Å²) >= 11 is 5.58. The minimum absolute atomic E-state index is 0.0322. The standard InChI is InChI=1S/C11H6ClF3N4/c12-6-4-7-9(18-8(6)11(13,14)15)19(10(16)17-7)5-2-1-3-5/h1-4H,(H2,16,17). The van der Waals surface area contributed by atoms with E-state index >= 15 is 0 Å². The second kappa shape index (κ2) is 3.74. The molecule has 19 heavy (non-hydrogen) atoms. The fraction of sp³-hybridized carbons (Fsp3) is 0.0909. The summed E-state index contributed by atoms with van der Waals surface area (Å²) in [6.45, 7) is 0. The summed E-state index contributed by atoms with van der Waals surface area (Å²) in [5, 5.41) is -0.497. The van der Waals surface area contributed by atoms with Crippen LogP contribution < -0.4 is 5.73 Å². The molecule has 0 bridgehead atoms. The van der Waals surface area contributed by atoms with Crippen molar-refractivity contribution in [1.29, 1.82) is 0 Å². The molecule has 1 aliphatic carbocycles. The van der Waals surface area contributed by atoms with Crippen LogP contribution in [-0.4, -0.2) is 14.5 Å². The Morgan fingerprint density at radius 1 is 1.26 bits per heavy atom. The van der Waals surface area contributed by atoms with Gasteiger partial charge in [-0.2, -0.15) is 13.2 Å². The van der Waals surface area contributed by atoms with Crippen molar-refractivity contribution >= 4 is 34.4 Å². The number of pyridine rings is 1. The molecule has 2 N–H and O–H groups in total. The van der Waals surface area contributed by atoms with Crippen LogP contribution in [0.4, 0.5) is 19.1 Å². The van der Waals surface area contributed by atoms with Crippen molar-refractivity contribution in [2.24, 2.45) is 0 Å². The van der Waals surface area contributed by atoms with Gasteiger partial charge < -0.3 is 5.73 Å². The van der Waals surface area contributed by atoms with E-state index in [1.165, 1.54) is 4.57 Å². The average Bonchev–Trinajstić information content (AvgIpc) is 2.50. The van der Waals surface area contributed by atoms with Gasteiger partial charge in [-0.25, -0.2) is 9.97 Å². The number of imidazole rings is 1. The molecule has 2 aromatic rings. The Hall–Kier alpha value is -2.02. The quantitative estimate of drug-likeness (QED) is 0.876. The van der Waals surface area contributed by atoms with Crippen molar-refractivity contribution in [2.45, 2.75) is 6.18 Å². The maximum atomic E-state index is 12.8. The zero-order valence-electron chi connectivity index (χ0n) is 9.24. The molecular formula is C11H6ClF3N4. The molecule has 3 rings (SSSR count). The van der Waals surface area contributed by atoms with E-state index in [0.717, 1.165) is 6.07 Å². The van der Waals surface area contributed by atoms with Gasteiger partial charge in [0, 0.05) is 0 Å². The molecule has 0 unspecified atom stereocenters. The Morgan fingerprint density at radius 3 is 2.47 bits per heavy atom. The number of hydrogen-bond donors (Lipinski definition) is 1. The SMILES string of the molecule is Nc1nc2cc(Cl)c(C(F)(F)F)nc2n1C1=CC=C1. The number of nitrogen functional groups attached to an aromatic ring is 1. The second-order valence-corrected chi connectivity index (χ2v) is 4.32. The zero-order valence-corrected chi connectivity index (χ0v) is 10.00. The fourth-order valence-electron chi connectivity index (χ4n) is 1.78. The van der Waals surface area contributed by atoms with E-state index in [4.69, 9.17) is 17.3 Å². The minimum atomic E-state index is -4.63. The first-order valence-electron chi connectivity index (χ1n) is 5.18. The van der Waals surface area contributed by atoms with Crippen LogP contribution in [0.15, 0.2) is 24.3 Å². The highest BCUT2D eigenvalue weighted by Crippen LogP contribution is 2.36. The highest BCUT2D eigenvalue weighted by atomic mass is 35.5. The van der Waals surface area contributed by atoms with Crippen molar-refractivity contribution in [3.63, 3.8) is 0 Å². The Bertz CT molecular complexity index is 742. The summed E-state index contributed by atoms with van der Waals surface area (Å²) in [5.41, 5.74) is 5.42. The molecule has 0 atom stereocenters. The average molecular weight is 287 g/mol. The summed E-state index contributed by atoms with van der Waals surface area (Å²) in [6.07, 6.45) is 0.502. The van der Waals surface area contributed by atoms with E-state index in [-0.39, 0.29) is 17.1 Å². The molecule has 0 saturated heterocycles. The molecule has 0 radical (unpaired) electrons. The summed E-state index contributed by atoms with van der Waals surface area (Å²) < 4.78 is 39.7. The third-order valence-electron chi connectivity index (χ3n) is 2.67. The van der Waals surface area contributed by atoms with Crippen molar-refractivity contribution in [3.05, 3.63) is 35.0 Å². The molecular weight excluding hydrogens is 281 g/mol. The maximum Gasteiger partial charge on any atom is 0.434 e. The Morgan fingerprint density at radius 2 is 1.95 bits per heavy atom. The number of allylic oxidation sites excluding steroid dienone is 4. The lowest BCUT2D eigenvalue weighted by atomic mass is 10.2. The molecule has 0 aliphatic heterocycles. The minimum Gasteiger partial charge on any atom is -0.369 e. The first-order chi connectivity index (χ1) is 8.88. The van der Waals surface area contributed by atoms with Crippen LogP contribution in [0.2, 0.25) is 5.02 Å². The normalized spacial score (nSPS) is 14.6. The highest BCUT2D eigenvalue weighted by molar-refractivity contribution is 6.31. The van der Waals surface area contributed by atoms with Gasteiger partial charge in [-0.1, -0.05) is 17.7 Å². The van der Waals surface area contributed by atoms with Gasteiger partial charge in [-0.3, -0.25) is 4.57 Å². The third-order valence-corrected chi connectivity index (χ3v) is 2.96. The van der Waals surface area contributed by atoms with Crippen molar-refractivity contribution in [3.8, 4) is 0 Å². The number of aromatic nitrogens is 3. The number of hydrogen-bond acceptors (Lipinski definition) is 3. The fourth-order valence-corrected chi connectivity index (χ4v) is 2.04. The largest absolute Gasteiger partial charge is 0.434 e. The molecule has 0 aromatic carbocycles. The number of anilines is 1. The Kier molecular flexibility index (Phi) is 2.37. The number of nitrogens with two attached hydrogens (primary N) is 1. The molecule has 2 heterocycles. The van der Waals surface area contributed by atoms with Crippen LogP contribution >= 0.6 is 11.6 Å². The number of nitrogens with zero attached hydrogens (tertiary/aromatic N) is 3. The van der Waals surface area contributed by atoms with Crippen LogP contribution in [0.25, 0.3) is 16.9 Å². The predicted molar refractivity (Wildman–Crippen MR) is 65.4 cm³/mol. The smallest absolute Gasteiger partial charge is 0.369 e. The molecule has 2 aromatic heterocycles. The lowest BCUT2D eigenvalue weighted by Crippen LogP contribution is -2.11. The summed E-state index contributed by atoms with van der Waals surface area (Å²) in [4.78, 5) is 7.51. The first kappa shape index (κ1) is 12.0. The maximum absolute atomic E-state index is 12.8. The molecule has 0 amide bonds. The molecule has 1 aliphatic rings. The predicted octanol–water partition coefficient (Wildman–Crippen LogP) is 3.10. The molecule has 0 fully saturated rings. The van der Waals surface area contributed by atoms with Crippen LogP contribution in [0.1, 0.15) is 5.69 Å². The van der Waals surface area contributed by atoms with Gasteiger partial charge >= 0.3 is 6.18 Å². The van der Waals surface area contributed by atoms with Gasteiger partial charge in [0.05, 0.1) is 10.7 Å². The summed E-state index contributed by atoms with van der Waals surface area (Å²) in [5.74, 6) is 0.0634. The molecule has 4 nitrogen and oxygen atoms in total. The van der Waals surface area contributed by atoms with Crippen LogP contribution in [0.5, 0.6) is 0 Å². The Balaban J connectivity index is 2.31. The monoisotopic (exact) mass is 286 g/mol. The molecule has 0 saturated carbocycles. The number of rotatable bonds is 1. The molecule has 8 heteroatoms. The van der Waals surface area contributed by atoms with E-state index < -0.39 is 16.9 Å². The van der Waals surface area contributed by atoms with Crippen molar-refractivity contribution in [2.75, 3.05) is 5.73 Å². The van der Waals surface area contributed by atoms with Gasteiger partial charge in [0.2, 0.25) is 5.95 Å². The van der Waals surface area contributed by atoms with Crippen molar-refractivity contribution in [1.82, 2.24) is 14.5 Å². The van der Waals surface area contributed by atoms with Crippen LogP contribution in [0, 0.1) is 0 Å².